The van der Waals surface area contributed by atoms with E-state index in [9.17, 15) is 10.0 Å². The lowest BCUT2D eigenvalue weighted by Gasteiger charge is -2.01. The Morgan fingerprint density at radius 3 is 2.56 bits per heavy atom. The number of carbonyl (C=O) groups excluding carboxylic acids is 1. The van der Waals surface area contributed by atoms with E-state index >= 15 is 0 Å². The van der Waals surface area contributed by atoms with Crippen LogP contribution in [0.5, 0.6) is 0 Å². The highest BCUT2D eigenvalue weighted by Crippen LogP contribution is 2.12. The van der Waals surface area contributed by atoms with Gasteiger partial charge in [0.2, 0.25) is 5.52 Å². The Kier molecular flexibility index (Phi) is 4.00. The van der Waals surface area contributed by atoms with Crippen molar-refractivity contribution in [2.45, 2.75) is 20.8 Å². The number of aromatic nitrogens is 1. The summed E-state index contributed by atoms with van der Waals surface area (Å²) >= 11 is 0. The highest BCUT2D eigenvalue weighted by Gasteiger charge is 2.05. The van der Waals surface area contributed by atoms with Gasteiger partial charge in [0.15, 0.2) is 12.0 Å². The zero-order valence-corrected chi connectivity index (χ0v) is 9.73. The van der Waals surface area contributed by atoms with Crippen LogP contribution in [0.25, 0.3) is 10.9 Å². The van der Waals surface area contributed by atoms with Crippen molar-refractivity contribution in [2.75, 3.05) is 0 Å². The molecule has 0 atom stereocenters. The first kappa shape index (κ1) is 12.2. The molecule has 1 aromatic heterocycles. The van der Waals surface area contributed by atoms with E-state index in [4.69, 9.17) is 0 Å². The molecule has 0 fully saturated rings. The fraction of sp³-hybridized carbons (Fsp3) is 0.231. The molecule has 3 heteroatoms. The molecule has 0 amide bonds. The maximum Gasteiger partial charge on any atom is 0.223 e. The minimum Gasteiger partial charge on any atom is -0.618 e. The van der Waals surface area contributed by atoms with Gasteiger partial charge in [-0.05, 0) is 25.1 Å². The van der Waals surface area contributed by atoms with E-state index in [1.54, 1.807) is 24.3 Å². The van der Waals surface area contributed by atoms with Gasteiger partial charge in [0.1, 0.15) is 0 Å². The molecule has 0 aliphatic rings. The summed E-state index contributed by atoms with van der Waals surface area (Å²) in [7, 11) is 0. The lowest BCUT2D eigenvalue weighted by atomic mass is 10.1. The zero-order chi connectivity index (χ0) is 12.1. The van der Waals surface area contributed by atoms with Crippen molar-refractivity contribution in [2.24, 2.45) is 0 Å². The van der Waals surface area contributed by atoms with Crippen LogP contribution in [0.1, 0.15) is 31.1 Å². The van der Waals surface area contributed by atoms with Crippen molar-refractivity contribution in [3.63, 3.8) is 0 Å². The van der Waals surface area contributed by atoms with E-state index in [2.05, 4.69) is 0 Å². The Morgan fingerprint density at radius 1 is 1.25 bits per heavy atom. The van der Waals surface area contributed by atoms with E-state index in [0.29, 0.717) is 11.1 Å². The Labute approximate surface area is 94.9 Å². The van der Waals surface area contributed by atoms with Crippen LogP contribution in [0.4, 0.5) is 0 Å². The number of Topliss-reactive ketones (excluding diaryl/α,β-unsaturated/α-hetero) is 1. The van der Waals surface area contributed by atoms with Crippen LogP contribution < -0.4 is 4.73 Å². The highest BCUT2D eigenvalue weighted by molar-refractivity contribution is 5.97. The molecule has 0 N–H and O–H groups in total. The summed E-state index contributed by atoms with van der Waals surface area (Å²) in [5, 5.41) is 12.1. The largest absolute Gasteiger partial charge is 0.618 e. The second kappa shape index (κ2) is 5.26. The number of hydrogen-bond donors (Lipinski definition) is 0. The molecule has 16 heavy (non-hydrogen) atoms. The van der Waals surface area contributed by atoms with E-state index in [-0.39, 0.29) is 5.78 Å². The normalized spacial score (nSPS) is 9.44. The highest BCUT2D eigenvalue weighted by atomic mass is 16.5. The van der Waals surface area contributed by atoms with Gasteiger partial charge in [0.05, 0.1) is 0 Å². The van der Waals surface area contributed by atoms with Crippen LogP contribution in [-0.2, 0) is 0 Å². The van der Waals surface area contributed by atoms with Gasteiger partial charge in [0, 0.05) is 23.1 Å². The summed E-state index contributed by atoms with van der Waals surface area (Å²) in [5.41, 5.74) is 1.21. The van der Waals surface area contributed by atoms with E-state index in [1.807, 2.05) is 19.9 Å². The van der Waals surface area contributed by atoms with Crippen molar-refractivity contribution < 1.29 is 9.52 Å². The number of rotatable bonds is 1. The first-order valence-corrected chi connectivity index (χ1v) is 5.31. The number of nitrogens with zero attached hydrogens (tertiary/aromatic N) is 1. The molecule has 0 aliphatic carbocycles. The van der Waals surface area contributed by atoms with Crippen molar-refractivity contribution in [3.05, 3.63) is 47.3 Å². The molecular formula is C13H15NO2. The fourth-order valence-electron chi connectivity index (χ4n) is 1.41. The quantitative estimate of drug-likeness (QED) is 0.419. The Balaban J connectivity index is 0.000000606. The monoisotopic (exact) mass is 217 g/mol. The van der Waals surface area contributed by atoms with Crippen molar-refractivity contribution in [3.8, 4) is 0 Å². The summed E-state index contributed by atoms with van der Waals surface area (Å²) in [6, 6.07) is 8.54. The maximum atomic E-state index is 11.3. The van der Waals surface area contributed by atoms with Gasteiger partial charge >= 0.3 is 0 Å². The van der Waals surface area contributed by atoms with Gasteiger partial charge in [-0.2, -0.15) is 4.73 Å². The number of fused-ring (bicyclic) bond motifs is 1. The Hall–Kier alpha value is -1.90. The van der Waals surface area contributed by atoms with Gasteiger partial charge in [-0.1, -0.05) is 13.8 Å². The average molecular weight is 217 g/mol. The van der Waals surface area contributed by atoms with Gasteiger partial charge in [-0.25, -0.2) is 0 Å². The lowest BCUT2D eigenvalue weighted by molar-refractivity contribution is -0.577. The molecule has 0 radical (unpaired) electrons. The van der Waals surface area contributed by atoms with E-state index < -0.39 is 0 Å². The SMILES string of the molecule is CC.CC(=O)c1ccc2c(ccc[n+]2[O-])c1. The minimum absolute atomic E-state index is 0.00759. The third kappa shape index (κ3) is 2.37. The molecular weight excluding hydrogens is 202 g/mol. The number of carbonyl (C=O) groups is 1. The summed E-state index contributed by atoms with van der Waals surface area (Å²) in [6.45, 7) is 5.51. The molecule has 3 nitrogen and oxygen atoms in total. The van der Waals surface area contributed by atoms with E-state index in [0.717, 1.165) is 10.1 Å². The molecule has 0 saturated carbocycles. The zero-order valence-electron chi connectivity index (χ0n) is 9.73. The molecule has 0 saturated heterocycles. The average Bonchev–Trinajstić information content (AvgIpc) is 2.31. The minimum atomic E-state index is 0.00759. The van der Waals surface area contributed by atoms with Gasteiger partial charge in [-0.15, -0.1) is 0 Å². The molecule has 0 unspecified atom stereocenters. The van der Waals surface area contributed by atoms with Crippen molar-refractivity contribution >= 4 is 16.7 Å². The third-order valence-corrected chi connectivity index (χ3v) is 2.17. The molecule has 0 spiro atoms. The van der Waals surface area contributed by atoms with Crippen LogP contribution in [0.3, 0.4) is 0 Å². The summed E-state index contributed by atoms with van der Waals surface area (Å²) in [6.07, 6.45) is 1.44. The predicted octanol–water partition coefficient (Wildman–Crippen LogP) is 2.70. The smallest absolute Gasteiger partial charge is 0.223 e. The molecule has 0 aliphatic heterocycles. The van der Waals surface area contributed by atoms with Crippen LogP contribution in [0, 0.1) is 5.21 Å². The van der Waals surface area contributed by atoms with Crippen LogP contribution in [0.2, 0.25) is 0 Å². The number of pyridine rings is 1. The van der Waals surface area contributed by atoms with Gasteiger partial charge in [0.25, 0.3) is 0 Å². The van der Waals surface area contributed by atoms with Crippen LogP contribution in [-0.4, -0.2) is 5.78 Å². The Morgan fingerprint density at radius 2 is 1.94 bits per heavy atom. The number of ketones is 1. The van der Waals surface area contributed by atoms with Crippen molar-refractivity contribution in [1.82, 2.24) is 0 Å². The Bertz CT molecular complexity index is 506. The second-order valence-corrected chi connectivity index (χ2v) is 3.16. The predicted molar refractivity (Wildman–Crippen MR) is 64.3 cm³/mol. The number of hydrogen-bond acceptors (Lipinski definition) is 2. The number of benzene rings is 1. The first-order chi connectivity index (χ1) is 7.68. The van der Waals surface area contributed by atoms with Crippen LogP contribution in [0.15, 0.2) is 36.5 Å². The molecule has 1 aromatic carbocycles. The molecule has 2 aromatic rings. The lowest BCUT2D eigenvalue weighted by Crippen LogP contribution is -2.25. The van der Waals surface area contributed by atoms with Crippen molar-refractivity contribution in [1.29, 1.82) is 0 Å². The van der Waals surface area contributed by atoms with Crippen LogP contribution >= 0.6 is 0 Å². The fourth-order valence-corrected chi connectivity index (χ4v) is 1.41. The molecule has 1 heterocycles. The summed E-state index contributed by atoms with van der Waals surface area (Å²) < 4.78 is 0.791. The summed E-state index contributed by atoms with van der Waals surface area (Å²) in [5.74, 6) is 0.00759. The maximum absolute atomic E-state index is 11.3. The molecule has 84 valence electrons. The topological polar surface area (TPSA) is 44.0 Å². The summed E-state index contributed by atoms with van der Waals surface area (Å²) in [4.78, 5) is 11.1. The van der Waals surface area contributed by atoms with Gasteiger partial charge in [-0.3, -0.25) is 4.79 Å². The third-order valence-electron chi connectivity index (χ3n) is 2.17. The standard InChI is InChI=1S/C11H9NO2.C2H6/c1-8(13)9-4-5-11-10(7-9)3-2-6-12(11)14;1-2/h2-7H,1H3;1-2H3. The van der Waals surface area contributed by atoms with Gasteiger partial charge < -0.3 is 5.21 Å². The molecule has 0 bridgehead atoms. The first-order valence-electron chi connectivity index (χ1n) is 5.31. The second-order valence-electron chi connectivity index (χ2n) is 3.16. The molecule has 2 rings (SSSR count). The van der Waals surface area contributed by atoms with E-state index in [1.165, 1.54) is 13.1 Å².